The highest BCUT2D eigenvalue weighted by Crippen LogP contribution is 2.26. The van der Waals surface area contributed by atoms with Gasteiger partial charge in [-0.1, -0.05) is 39.5 Å². The second-order valence-corrected chi connectivity index (χ2v) is 5.36. The fraction of sp³-hybridized carbons (Fsp3) is 0.923. The lowest BCUT2D eigenvalue weighted by atomic mass is 9.81. The molecule has 0 aliphatic heterocycles. The minimum absolute atomic E-state index is 0.0556. The standard InChI is InChI=1S/C13H26N2O/c1-4-10(2)11(3)15-12(16)13(14)8-6-5-7-9-13/h10-11H,4-9,14H2,1-3H3,(H,15,16). The molecule has 1 aliphatic carbocycles. The summed E-state index contributed by atoms with van der Waals surface area (Å²) in [6.07, 6.45) is 6.15. The van der Waals surface area contributed by atoms with E-state index in [1.54, 1.807) is 0 Å². The van der Waals surface area contributed by atoms with Gasteiger partial charge in [0.05, 0.1) is 5.54 Å². The molecule has 0 heterocycles. The predicted octanol–water partition coefficient (Wildman–Crippen LogP) is 2.20. The first-order valence-electron chi connectivity index (χ1n) is 6.59. The maximum Gasteiger partial charge on any atom is 0.240 e. The van der Waals surface area contributed by atoms with Crippen molar-refractivity contribution in [1.29, 1.82) is 0 Å². The zero-order valence-electron chi connectivity index (χ0n) is 10.9. The van der Waals surface area contributed by atoms with Gasteiger partial charge in [-0.3, -0.25) is 4.79 Å². The van der Waals surface area contributed by atoms with Crippen molar-refractivity contribution in [2.45, 2.75) is 70.9 Å². The highest BCUT2D eigenvalue weighted by Gasteiger charge is 2.35. The second kappa shape index (κ2) is 5.67. The highest BCUT2D eigenvalue weighted by atomic mass is 16.2. The van der Waals surface area contributed by atoms with Gasteiger partial charge in [-0.25, -0.2) is 0 Å². The first-order valence-corrected chi connectivity index (χ1v) is 6.59. The number of nitrogens with one attached hydrogen (secondary N) is 1. The van der Waals surface area contributed by atoms with Crippen LogP contribution in [0.25, 0.3) is 0 Å². The summed E-state index contributed by atoms with van der Waals surface area (Å²) in [6.45, 7) is 6.37. The Hall–Kier alpha value is -0.570. The third-order valence-corrected chi connectivity index (χ3v) is 4.05. The summed E-state index contributed by atoms with van der Waals surface area (Å²) < 4.78 is 0. The number of amides is 1. The van der Waals surface area contributed by atoms with Crippen LogP contribution in [-0.4, -0.2) is 17.5 Å². The van der Waals surface area contributed by atoms with E-state index in [9.17, 15) is 4.79 Å². The fourth-order valence-corrected chi connectivity index (χ4v) is 2.26. The molecule has 0 aromatic rings. The van der Waals surface area contributed by atoms with Gasteiger partial charge >= 0.3 is 0 Å². The minimum Gasteiger partial charge on any atom is -0.352 e. The quantitative estimate of drug-likeness (QED) is 0.772. The molecular weight excluding hydrogens is 200 g/mol. The van der Waals surface area contributed by atoms with Crippen LogP contribution < -0.4 is 11.1 Å². The monoisotopic (exact) mass is 226 g/mol. The Morgan fingerprint density at radius 3 is 2.38 bits per heavy atom. The van der Waals surface area contributed by atoms with Gasteiger partial charge in [-0.15, -0.1) is 0 Å². The van der Waals surface area contributed by atoms with Gasteiger partial charge in [0, 0.05) is 6.04 Å². The smallest absolute Gasteiger partial charge is 0.240 e. The fourth-order valence-electron chi connectivity index (χ4n) is 2.26. The van der Waals surface area contributed by atoms with E-state index in [4.69, 9.17) is 5.73 Å². The van der Waals surface area contributed by atoms with Gasteiger partial charge in [0.25, 0.3) is 0 Å². The lowest BCUT2D eigenvalue weighted by Crippen LogP contribution is -2.57. The average molecular weight is 226 g/mol. The average Bonchev–Trinajstić information content (AvgIpc) is 2.28. The van der Waals surface area contributed by atoms with Gasteiger partial charge < -0.3 is 11.1 Å². The molecular formula is C13H26N2O. The topological polar surface area (TPSA) is 55.1 Å². The molecule has 0 aromatic heterocycles. The third-order valence-electron chi connectivity index (χ3n) is 4.05. The Morgan fingerprint density at radius 2 is 1.88 bits per heavy atom. The van der Waals surface area contributed by atoms with Crippen LogP contribution in [0, 0.1) is 5.92 Å². The van der Waals surface area contributed by atoms with E-state index in [-0.39, 0.29) is 11.9 Å². The zero-order valence-corrected chi connectivity index (χ0v) is 10.9. The van der Waals surface area contributed by atoms with Crippen molar-refractivity contribution < 1.29 is 4.79 Å². The first kappa shape index (κ1) is 13.5. The number of carbonyl (C=O) groups excluding carboxylic acids is 1. The number of nitrogens with two attached hydrogens (primary N) is 1. The second-order valence-electron chi connectivity index (χ2n) is 5.36. The number of rotatable bonds is 4. The number of carbonyl (C=O) groups is 1. The maximum absolute atomic E-state index is 12.1. The molecule has 1 amide bonds. The molecule has 2 unspecified atom stereocenters. The van der Waals surface area contributed by atoms with Crippen molar-refractivity contribution >= 4 is 5.91 Å². The molecule has 16 heavy (non-hydrogen) atoms. The summed E-state index contributed by atoms with van der Waals surface area (Å²) in [5.41, 5.74) is 5.58. The van der Waals surface area contributed by atoms with Crippen LogP contribution >= 0.6 is 0 Å². The van der Waals surface area contributed by atoms with Crippen LogP contribution in [0.2, 0.25) is 0 Å². The molecule has 1 rings (SSSR count). The van der Waals surface area contributed by atoms with Crippen LogP contribution in [0.3, 0.4) is 0 Å². The number of hydrogen-bond acceptors (Lipinski definition) is 2. The summed E-state index contributed by atoms with van der Waals surface area (Å²) in [7, 11) is 0. The Kier molecular flexibility index (Phi) is 4.78. The molecule has 94 valence electrons. The van der Waals surface area contributed by atoms with Crippen molar-refractivity contribution in [3.8, 4) is 0 Å². The Bertz CT molecular complexity index is 234. The van der Waals surface area contributed by atoms with E-state index >= 15 is 0 Å². The van der Waals surface area contributed by atoms with Crippen LogP contribution in [0.1, 0.15) is 59.3 Å². The van der Waals surface area contributed by atoms with Gasteiger partial charge in [0.15, 0.2) is 0 Å². The lowest BCUT2D eigenvalue weighted by molar-refractivity contribution is -0.128. The minimum atomic E-state index is -0.597. The molecule has 3 heteroatoms. The molecule has 1 fully saturated rings. The third kappa shape index (κ3) is 3.21. The summed E-state index contributed by atoms with van der Waals surface area (Å²) in [4.78, 5) is 12.1. The highest BCUT2D eigenvalue weighted by molar-refractivity contribution is 5.86. The maximum atomic E-state index is 12.1. The molecule has 3 N–H and O–H groups in total. The summed E-state index contributed by atoms with van der Waals surface area (Å²) in [5.74, 6) is 0.566. The van der Waals surface area contributed by atoms with E-state index in [1.165, 1.54) is 6.42 Å². The first-order chi connectivity index (χ1) is 7.49. The van der Waals surface area contributed by atoms with Crippen molar-refractivity contribution in [2.24, 2.45) is 11.7 Å². The van der Waals surface area contributed by atoms with Crippen LogP contribution in [-0.2, 0) is 4.79 Å². The van der Waals surface area contributed by atoms with Crippen LogP contribution in [0.4, 0.5) is 0 Å². The molecule has 0 spiro atoms. The molecule has 1 aliphatic rings. The molecule has 0 saturated heterocycles. The van der Waals surface area contributed by atoms with Gasteiger partial charge in [0.1, 0.15) is 0 Å². The summed E-state index contributed by atoms with van der Waals surface area (Å²) >= 11 is 0. The zero-order chi connectivity index (χ0) is 12.2. The van der Waals surface area contributed by atoms with Crippen LogP contribution in [0.15, 0.2) is 0 Å². The Balaban J connectivity index is 2.50. The molecule has 3 nitrogen and oxygen atoms in total. The van der Waals surface area contributed by atoms with Gasteiger partial charge in [-0.2, -0.15) is 0 Å². The number of hydrogen-bond donors (Lipinski definition) is 2. The summed E-state index contributed by atoms with van der Waals surface area (Å²) in [5, 5.41) is 3.08. The molecule has 0 aromatic carbocycles. The van der Waals surface area contributed by atoms with E-state index in [0.29, 0.717) is 5.92 Å². The van der Waals surface area contributed by atoms with Crippen LogP contribution in [0.5, 0.6) is 0 Å². The van der Waals surface area contributed by atoms with Gasteiger partial charge in [0.2, 0.25) is 5.91 Å². The van der Waals surface area contributed by atoms with Crippen molar-refractivity contribution in [2.75, 3.05) is 0 Å². The molecule has 0 radical (unpaired) electrons. The molecule has 2 atom stereocenters. The predicted molar refractivity (Wildman–Crippen MR) is 67.1 cm³/mol. The summed E-state index contributed by atoms with van der Waals surface area (Å²) in [6, 6.07) is 0.222. The molecule has 0 bridgehead atoms. The van der Waals surface area contributed by atoms with E-state index in [0.717, 1.165) is 32.1 Å². The van der Waals surface area contributed by atoms with Crippen molar-refractivity contribution in [1.82, 2.24) is 5.32 Å². The SMILES string of the molecule is CCC(C)C(C)NC(=O)C1(N)CCCCC1. The Morgan fingerprint density at radius 1 is 1.31 bits per heavy atom. The van der Waals surface area contributed by atoms with Crippen molar-refractivity contribution in [3.63, 3.8) is 0 Å². The van der Waals surface area contributed by atoms with Crippen molar-refractivity contribution in [3.05, 3.63) is 0 Å². The Labute approximate surface area is 99.2 Å². The van der Waals surface area contributed by atoms with E-state index in [2.05, 4.69) is 26.1 Å². The molecule has 1 saturated carbocycles. The van der Waals surface area contributed by atoms with Gasteiger partial charge in [-0.05, 0) is 25.7 Å². The normalized spacial score (nSPS) is 23.5. The van der Waals surface area contributed by atoms with E-state index < -0.39 is 5.54 Å². The largest absolute Gasteiger partial charge is 0.352 e. The van der Waals surface area contributed by atoms with E-state index in [1.807, 2.05) is 0 Å². The lowest BCUT2D eigenvalue weighted by Gasteiger charge is -2.34.